The molecule has 0 bridgehead atoms. The van der Waals surface area contributed by atoms with Crippen molar-refractivity contribution in [1.29, 1.82) is 0 Å². The topological polar surface area (TPSA) is 64.7 Å². The summed E-state index contributed by atoms with van der Waals surface area (Å²) in [7, 11) is 1.60. The lowest BCUT2D eigenvalue weighted by Gasteiger charge is -2.18. The maximum Gasteiger partial charge on any atom is 0.124 e. The third-order valence-electron chi connectivity index (χ3n) is 2.16. The van der Waals surface area contributed by atoms with Gasteiger partial charge in [0.1, 0.15) is 5.75 Å². The number of rotatable bonds is 6. The summed E-state index contributed by atoms with van der Waals surface area (Å²) in [6.45, 7) is 0.581. The van der Waals surface area contributed by atoms with Gasteiger partial charge >= 0.3 is 0 Å². The SMILES string of the molecule is COc1ccc(Br)cc1C(CN)OCCO. The lowest BCUT2D eigenvalue weighted by atomic mass is 10.1. The number of methoxy groups -OCH3 is 1. The molecule has 0 saturated heterocycles. The first-order valence-electron chi connectivity index (χ1n) is 4.99. The van der Waals surface area contributed by atoms with Crippen molar-refractivity contribution in [2.45, 2.75) is 6.10 Å². The van der Waals surface area contributed by atoms with Crippen LogP contribution in [0.25, 0.3) is 0 Å². The van der Waals surface area contributed by atoms with E-state index in [-0.39, 0.29) is 19.3 Å². The minimum absolute atomic E-state index is 0.0210. The second kappa shape index (κ2) is 6.85. The summed E-state index contributed by atoms with van der Waals surface area (Å²) in [5.74, 6) is 0.733. The minimum atomic E-state index is -0.264. The molecule has 1 aromatic carbocycles. The first-order valence-corrected chi connectivity index (χ1v) is 5.78. The molecule has 1 rings (SSSR count). The summed E-state index contributed by atoms with van der Waals surface area (Å²) >= 11 is 3.39. The molecule has 0 fully saturated rings. The molecule has 0 heterocycles. The third-order valence-corrected chi connectivity index (χ3v) is 2.66. The molecule has 0 aromatic heterocycles. The van der Waals surface area contributed by atoms with Crippen LogP contribution in [-0.2, 0) is 4.74 Å². The fourth-order valence-corrected chi connectivity index (χ4v) is 1.82. The maximum absolute atomic E-state index is 8.73. The molecule has 1 aromatic rings. The Morgan fingerprint density at radius 2 is 2.25 bits per heavy atom. The zero-order valence-corrected chi connectivity index (χ0v) is 10.7. The van der Waals surface area contributed by atoms with Crippen LogP contribution in [0.2, 0.25) is 0 Å². The molecule has 1 unspecified atom stereocenters. The summed E-state index contributed by atoms with van der Waals surface area (Å²) in [6.07, 6.45) is -0.264. The molecular formula is C11H16BrNO3. The normalized spacial score (nSPS) is 12.5. The fourth-order valence-electron chi connectivity index (χ4n) is 1.44. The number of aliphatic hydroxyl groups is 1. The van der Waals surface area contributed by atoms with Gasteiger partial charge in [0.05, 0.1) is 26.4 Å². The monoisotopic (exact) mass is 289 g/mol. The van der Waals surface area contributed by atoms with Gasteiger partial charge in [-0.05, 0) is 18.2 Å². The standard InChI is InChI=1S/C11H16BrNO3/c1-15-10-3-2-8(12)6-9(10)11(7-13)16-5-4-14/h2-3,6,11,14H,4-5,7,13H2,1H3. The second-order valence-corrected chi connectivity index (χ2v) is 4.12. The van der Waals surface area contributed by atoms with Crippen LogP contribution in [0.1, 0.15) is 11.7 Å². The third kappa shape index (κ3) is 3.45. The lowest BCUT2D eigenvalue weighted by molar-refractivity contribution is 0.0316. The van der Waals surface area contributed by atoms with Gasteiger partial charge in [-0.15, -0.1) is 0 Å². The number of benzene rings is 1. The number of halogens is 1. The van der Waals surface area contributed by atoms with Crippen LogP contribution < -0.4 is 10.5 Å². The highest BCUT2D eigenvalue weighted by Gasteiger charge is 2.15. The van der Waals surface area contributed by atoms with E-state index in [1.165, 1.54) is 0 Å². The predicted molar refractivity (Wildman–Crippen MR) is 65.5 cm³/mol. The van der Waals surface area contributed by atoms with Crippen LogP contribution in [0, 0.1) is 0 Å². The number of aliphatic hydroxyl groups excluding tert-OH is 1. The van der Waals surface area contributed by atoms with Crippen molar-refractivity contribution >= 4 is 15.9 Å². The van der Waals surface area contributed by atoms with E-state index in [1.54, 1.807) is 7.11 Å². The number of ether oxygens (including phenoxy) is 2. The first kappa shape index (κ1) is 13.4. The quantitative estimate of drug-likeness (QED) is 0.832. The van der Waals surface area contributed by atoms with Crippen molar-refractivity contribution in [1.82, 2.24) is 0 Å². The predicted octanol–water partition coefficient (Wildman–Crippen LogP) is 1.47. The molecule has 0 saturated carbocycles. The molecule has 0 amide bonds. The van der Waals surface area contributed by atoms with Crippen molar-refractivity contribution in [3.05, 3.63) is 28.2 Å². The number of hydrogen-bond donors (Lipinski definition) is 2. The molecule has 0 aliphatic carbocycles. The van der Waals surface area contributed by atoms with E-state index in [2.05, 4.69) is 15.9 Å². The van der Waals surface area contributed by atoms with E-state index in [9.17, 15) is 0 Å². The summed E-state index contributed by atoms with van der Waals surface area (Å²) in [4.78, 5) is 0. The van der Waals surface area contributed by atoms with Gasteiger partial charge in [0, 0.05) is 16.6 Å². The van der Waals surface area contributed by atoms with Gasteiger partial charge in [-0.1, -0.05) is 15.9 Å². The van der Waals surface area contributed by atoms with Crippen LogP contribution >= 0.6 is 15.9 Å². The molecule has 4 nitrogen and oxygen atoms in total. The average Bonchev–Trinajstić information content (AvgIpc) is 2.30. The smallest absolute Gasteiger partial charge is 0.124 e. The molecule has 0 aliphatic rings. The fraction of sp³-hybridized carbons (Fsp3) is 0.455. The Bertz CT molecular complexity index is 333. The highest BCUT2D eigenvalue weighted by Crippen LogP contribution is 2.29. The van der Waals surface area contributed by atoms with Crippen molar-refractivity contribution in [2.75, 3.05) is 26.9 Å². The van der Waals surface area contributed by atoms with Gasteiger partial charge in [0.2, 0.25) is 0 Å². The Kier molecular flexibility index (Phi) is 5.76. The Morgan fingerprint density at radius 1 is 1.50 bits per heavy atom. The molecule has 90 valence electrons. The Labute approximate surface area is 103 Å². The molecule has 1 atom stereocenters. The molecule has 0 radical (unpaired) electrons. The maximum atomic E-state index is 8.73. The molecular weight excluding hydrogens is 274 g/mol. The van der Waals surface area contributed by atoms with Gasteiger partial charge in [-0.3, -0.25) is 0 Å². The summed E-state index contributed by atoms with van der Waals surface area (Å²) in [6, 6.07) is 5.65. The van der Waals surface area contributed by atoms with Crippen molar-refractivity contribution in [3.8, 4) is 5.75 Å². The van der Waals surface area contributed by atoms with E-state index in [0.29, 0.717) is 6.54 Å². The van der Waals surface area contributed by atoms with Gasteiger partial charge in [-0.2, -0.15) is 0 Å². The van der Waals surface area contributed by atoms with Crippen LogP contribution in [0.3, 0.4) is 0 Å². The highest BCUT2D eigenvalue weighted by molar-refractivity contribution is 9.10. The zero-order valence-electron chi connectivity index (χ0n) is 9.15. The molecule has 0 spiro atoms. The first-order chi connectivity index (χ1) is 7.72. The zero-order chi connectivity index (χ0) is 12.0. The molecule has 3 N–H and O–H groups in total. The highest BCUT2D eigenvalue weighted by atomic mass is 79.9. The summed E-state index contributed by atoms with van der Waals surface area (Å²) in [5, 5.41) is 8.73. The van der Waals surface area contributed by atoms with E-state index in [0.717, 1.165) is 15.8 Å². The van der Waals surface area contributed by atoms with Crippen LogP contribution in [-0.4, -0.2) is 32.0 Å². The van der Waals surface area contributed by atoms with Crippen LogP contribution in [0.15, 0.2) is 22.7 Å². The van der Waals surface area contributed by atoms with Gasteiger partial charge < -0.3 is 20.3 Å². The lowest BCUT2D eigenvalue weighted by Crippen LogP contribution is -2.18. The van der Waals surface area contributed by atoms with Gasteiger partial charge in [0.15, 0.2) is 0 Å². The van der Waals surface area contributed by atoms with E-state index in [4.69, 9.17) is 20.3 Å². The molecule has 0 aliphatic heterocycles. The van der Waals surface area contributed by atoms with Crippen molar-refractivity contribution in [2.24, 2.45) is 5.73 Å². The second-order valence-electron chi connectivity index (χ2n) is 3.21. The summed E-state index contributed by atoms with van der Waals surface area (Å²) in [5.41, 5.74) is 6.52. The van der Waals surface area contributed by atoms with E-state index >= 15 is 0 Å². The van der Waals surface area contributed by atoms with Crippen LogP contribution in [0.4, 0.5) is 0 Å². The Balaban J connectivity index is 2.92. The van der Waals surface area contributed by atoms with Crippen LogP contribution in [0.5, 0.6) is 5.75 Å². The summed E-state index contributed by atoms with van der Waals surface area (Å²) < 4.78 is 11.6. The van der Waals surface area contributed by atoms with Gasteiger partial charge in [0.25, 0.3) is 0 Å². The van der Waals surface area contributed by atoms with E-state index in [1.807, 2.05) is 18.2 Å². The molecule has 16 heavy (non-hydrogen) atoms. The number of hydrogen-bond acceptors (Lipinski definition) is 4. The van der Waals surface area contributed by atoms with Gasteiger partial charge in [-0.25, -0.2) is 0 Å². The van der Waals surface area contributed by atoms with Crippen molar-refractivity contribution in [3.63, 3.8) is 0 Å². The Hall–Kier alpha value is -0.620. The number of nitrogens with two attached hydrogens (primary N) is 1. The Morgan fingerprint density at radius 3 is 2.81 bits per heavy atom. The largest absolute Gasteiger partial charge is 0.496 e. The minimum Gasteiger partial charge on any atom is -0.496 e. The molecule has 5 heteroatoms. The van der Waals surface area contributed by atoms with E-state index < -0.39 is 0 Å². The average molecular weight is 290 g/mol. The van der Waals surface area contributed by atoms with Crippen molar-refractivity contribution < 1.29 is 14.6 Å².